The highest BCUT2D eigenvalue weighted by atomic mass is 16.6. The minimum absolute atomic E-state index is 0.484. The summed E-state index contributed by atoms with van der Waals surface area (Å²) in [6.07, 6.45) is 0.252. The monoisotopic (exact) mass is 246 g/mol. The molecule has 4 heteroatoms. The normalized spacial score (nSPS) is 10.6. The molecule has 0 saturated carbocycles. The molecule has 0 atom stereocenters. The molecule has 1 rings (SSSR count). The molecule has 0 aliphatic carbocycles. The van der Waals surface area contributed by atoms with Gasteiger partial charge in [0.15, 0.2) is 0 Å². The van der Waals surface area contributed by atoms with Crippen LogP contribution in [-0.2, 0) is 11.2 Å². The Morgan fingerprint density at radius 1 is 1.44 bits per heavy atom. The number of anilines is 1. The molecule has 1 aromatic carbocycles. The lowest BCUT2D eigenvalue weighted by atomic mass is 10.1. The van der Waals surface area contributed by atoms with Crippen LogP contribution in [0.2, 0.25) is 0 Å². The third-order valence-electron chi connectivity index (χ3n) is 2.25. The van der Waals surface area contributed by atoms with Crippen LogP contribution < -0.4 is 5.32 Å². The van der Waals surface area contributed by atoms with Crippen LogP contribution in [0, 0.1) is 11.3 Å². The van der Waals surface area contributed by atoms with Crippen molar-refractivity contribution in [3.63, 3.8) is 0 Å². The number of nitriles is 1. The smallest absolute Gasteiger partial charge is 0.412 e. The summed E-state index contributed by atoms with van der Waals surface area (Å²) in [5, 5.41) is 11.5. The van der Waals surface area contributed by atoms with Gasteiger partial charge in [-0.3, -0.25) is 5.32 Å². The Hall–Kier alpha value is -2.02. The van der Waals surface area contributed by atoms with Crippen molar-refractivity contribution >= 4 is 11.8 Å². The van der Waals surface area contributed by atoms with E-state index >= 15 is 0 Å². The van der Waals surface area contributed by atoms with Crippen molar-refractivity contribution in [3.8, 4) is 6.07 Å². The topological polar surface area (TPSA) is 62.1 Å². The highest BCUT2D eigenvalue weighted by Gasteiger charge is 2.17. The molecule has 0 fully saturated rings. The summed E-state index contributed by atoms with van der Waals surface area (Å²) in [6.45, 7) is 7.40. The van der Waals surface area contributed by atoms with E-state index in [2.05, 4.69) is 11.4 Å². The van der Waals surface area contributed by atoms with Crippen LogP contribution in [0.3, 0.4) is 0 Å². The number of benzene rings is 1. The molecule has 0 heterocycles. The number of rotatable bonds is 2. The molecule has 0 unspecified atom stereocenters. The molecule has 0 bridgehead atoms. The van der Waals surface area contributed by atoms with E-state index in [-0.39, 0.29) is 0 Å². The number of amides is 1. The van der Waals surface area contributed by atoms with E-state index in [1.54, 1.807) is 18.2 Å². The summed E-state index contributed by atoms with van der Waals surface area (Å²) in [5.41, 5.74) is 1.66. The van der Waals surface area contributed by atoms with Crippen LogP contribution in [-0.4, -0.2) is 11.7 Å². The number of aryl methyl sites for hydroxylation is 1. The minimum atomic E-state index is -0.525. The molecule has 0 spiro atoms. The molecule has 0 aliphatic heterocycles. The lowest BCUT2D eigenvalue weighted by Gasteiger charge is -2.20. The van der Waals surface area contributed by atoms with E-state index in [1.165, 1.54) is 0 Å². The number of nitrogens with zero attached hydrogens (tertiary/aromatic N) is 1. The van der Waals surface area contributed by atoms with Crippen molar-refractivity contribution in [1.29, 1.82) is 5.26 Å². The summed E-state index contributed by atoms with van der Waals surface area (Å²) in [5.74, 6) is 0. The van der Waals surface area contributed by atoms with Gasteiger partial charge in [-0.2, -0.15) is 5.26 Å². The number of ether oxygens (including phenoxy) is 1. The third kappa shape index (κ3) is 4.10. The van der Waals surface area contributed by atoms with Crippen LogP contribution >= 0.6 is 0 Å². The van der Waals surface area contributed by atoms with Crippen LogP contribution in [0.15, 0.2) is 18.2 Å². The third-order valence-corrected chi connectivity index (χ3v) is 2.25. The second-order valence-electron chi connectivity index (χ2n) is 4.96. The van der Waals surface area contributed by atoms with Gasteiger partial charge in [-0.1, -0.05) is 6.92 Å². The standard InChI is InChI=1S/C14H18N2O2/c1-5-11-8-10(9-15)6-7-12(11)16-13(17)18-14(2,3)4/h6-8H,5H2,1-4H3,(H,16,17). The number of hydrogen-bond acceptors (Lipinski definition) is 3. The summed E-state index contributed by atoms with van der Waals surface area (Å²) in [7, 11) is 0. The van der Waals surface area contributed by atoms with Crippen molar-refractivity contribution in [2.45, 2.75) is 39.7 Å². The van der Waals surface area contributed by atoms with Gasteiger partial charge in [-0.15, -0.1) is 0 Å². The van der Waals surface area contributed by atoms with E-state index in [9.17, 15) is 4.79 Å². The Kier molecular flexibility index (Phi) is 4.33. The van der Waals surface area contributed by atoms with Gasteiger partial charge in [0.2, 0.25) is 0 Å². The van der Waals surface area contributed by atoms with Gasteiger partial charge >= 0.3 is 6.09 Å². The zero-order valence-electron chi connectivity index (χ0n) is 11.2. The predicted molar refractivity (Wildman–Crippen MR) is 70.4 cm³/mol. The zero-order chi connectivity index (χ0) is 13.8. The van der Waals surface area contributed by atoms with Crippen molar-refractivity contribution < 1.29 is 9.53 Å². The second-order valence-corrected chi connectivity index (χ2v) is 4.96. The predicted octanol–water partition coefficient (Wildman–Crippen LogP) is 3.47. The molecule has 1 amide bonds. The van der Waals surface area contributed by atoms with Gasteiger partial charge in [0.05, 0.1) is 11.6 Å². The first-order valence-electron chi connectivity index (χ1n) is 5.88. The average molecular weight is 246 g/mol. The van der Waals surface area contributed by atoms with Crippen molar-refractivity contribution in [3.05, 3.63) is 29.3 Å². The molecule has 4 nitrogen and oxygen atoms in total. The molecule has 1 aromatic rings. The van der Waals surface area contributed by atoms with E-state index in [0.29, 0.717) is 11.3 Å². The highest BCUT2D eigenvalue weighted by Crippen LogP contribution is 2.19. The number of carbonyl (C=O) groups is 1. The molecule has 0 aromatic heterocycles. The molecule has 18 heavy (non-hydrogen) atoms. The fraction of sp³-hybridized carbons (Fsp3) is 0.429. The van der Waals surface area contributed by atoms with E-state index in [1.807, 2.05) is 27.7 Å². The number of nitrogens with one attached hydrogen (secondary N) is 1. The quantitative estimate of drug-likeness (QED) is 0.869. The van der Waals surface area contributed by atoms with Crippen LogP contribution in [0.4, 0.5) is 10.5 Å². The Balaban J connectivity index is 2.85. The minimum Gasteiger partial charge on any atom is -0.444 e. The summed E-state index contributed by atoms with van der Waals surface area (Å²) in [4.78, 5) is 11.7. The summed E-state index contributed by atoms with van der Waals surface area (Å²) >= 11 is 0. The zero-order valence-corrected chi connectivity index (χ0v) is 11.2. The Bertz CT molecular complexity index is 482. The van der Waals surface area contributed by atoms with E-state index in [0.717, 1.165) is 12.0 Å². The lowest BCUT2D eigenvalue weighted by molar-refractivity contribution is 0.0636. The Morgan fingerprint density at radius 3 is 2.61 bits per heavy atom. The Morgan fingerprint density at radius 2 is 2.11 bits per heavy atom. The first kappa shape index (κ1) is 14.0. The van der Waals surface area contributed by atoms with Gasteiger partial charge in [-0.25, -0.2) is 4.79 Å². The van der Waals surface area contributed by atoms with Gasteiger partial charge in [0, 0.05) is 5.69 Å². The van der Waals surface area contributed by atoms with Gasteiger partial charge in [-0.05, 0) is 51.0 Å². The second kappa shape index (κ2) is 5.54. The molecule has 0 aliphatic rings. The molecule has 1 N–H and O–H groups in total. The molecule has 0 radical (unpaired) electrons. The summed E-state index contributed by atoms with van der Waals surface area (Å²) < 4.78 is 5.18. The first-order chi connectivity index (χ1) is 8.35. The fourth-order valence-electron chi connectivity index (χ4n) is 1.49. The van der Waals surface area contributed by atoms with Crippen LogP contribution in [0.5, 0.6) is 0 Å². The van der Waals surface area contributed by atoms with Gasteiger partial charge in [0.1, 0.15) is 5.60 Å². The Labute approximate surface area is 108 Å². The van der Waals surface area contributed by atoms with Crippen LogP contribution in [0.25, 0.3) is 0 Å². The number of hydrogen-bond donors (Lipinski definition) is 1. The molecule has 96 valence electrons. The maximum Gasteiger partial charge on any atom is 0.412 e. The summed E-state index contributed by atoms with van der Waals surface area (Å²) in [6, 6.07) is 7.24. The van der Waals surface area contributed by atoms with Crippen LogP contribution in [0.1, 0.15) is 38.8 Å². The first-order valence-corrected chi connectivity index (χ1v) is 5.88. The van der Waals surface area contributed by atoms with E-state index < -0.39 is 11.7 Å². The van der Waals surface area contributed by atoms with Crippen molar-refractivity contribution in [2.24, 2.45) is 0 Å². The maximum atomic E-state index is 11.7. The van der Waals surface area contributed by atoms with Gasteiger partial charge in [0.25, 0.3) is 0 Å². The highest BCUT2D eigenvalue weighted by molar-refractivity contribution is 5.86. The lowest BCUT2D eigenvalue weighted by Crippen LogP contribution is -2.27. The molecular formula is C14H18N2O2. The maximum absolute atomic E-state index is 11.7. The average Bonchev–Trinajstić information content (AvgIpc) is 2.27. The largest absolute Gasteiger partial charge is 0.444 e. The number of carbonyl (C=O) groups excluding carboxylic acids is 1. The van der Waals surface area contributed by atoms with Crippen molar-refractivity contribution in [2.75, 3.05) is 5.32 Å². The molecule has 0 saturated heterocycles. The van der Waals surface area contributed by atoms with E-state index in [4.69, 9.17) is 10.00 Å². The SMILES string of the molecule is CCc1cc(C#N)ccc1NC(=O)OC(C)(C)C. The van der Waals surface area contributed by atoms with Gasteiger partial charge < -0.3 is 4.74 Å². The van der Waals surface area contributed by atoms with Crippen molar-refractivity contribution in [1.82, 2.24) is 0 Å². The fourth-order valence-corrected chi connectivity index (χ4v) is 1.49. The molecular weight excluding hydrogens is 228 g/mol.